The van der Waals surface area contributed by atoms with Gasteiger partial charge in [0.25, 0.3) is 0 Å². The smallest absolute Gasteiger partial charge is 0.387 e. The fourth-order valence-corrected chi connectivity index (χ4v) is 2.99. The van der Waals surface area contributed by atoms with E-state index >= 15 is 0 Å². The summed E-state index contributed by atoms with van der Waals surface area (Å²) in [6.07, 6.45) is 8.13. The first-order valence-corrected chi connectivity index (χ1v) is 8.24. The van der Waals surface area contributed by atoms with Crippen LogP contribution in [-0.4, -0.2) is 22.6 Å². The maximum absolute atomic E-state index is 12.3. The van der Waals surface area contributed by atoms with E-state index in [4.69, 9.17) is 0 Å². The summed E-state index contributed by atoms with van der Waals surface area (Å²) >= 11 is 0. The number of benzene rings is 1. The van der Waals surface area contributed by atoms with Crippen molar-refractivity contribution in [3.05, 3.63) is 36.7 Å². The molecule has 0 spiro atoms. The van der Waals surface area contributed by atoms with Crippen LogP contribution in [0.15, 0.2) is 36.7 Å². The summed E-state index contributed by atoms with van der Waals surface area (Å²) in [6.45, 7) is -0.547. The van der Waals surface area contributed by atoms with Crippen LogP contribution in [0.3, 0.4) is 0 Å². The zero-order chi connectivity index (χ0) is 16.9. The SMILES string of the molecule is CC1CCC(Nc2ncc(-c3cccc(OC(F)F)c3)cn2)CC1. The highest BCUT2D eigenvalue weighted by atomic mass is 19.3. The van der Waals surface area contributed by atoms with Crippen LogP contribution in [0, 0.1) is 5.92 Å². The fraction of sp³-hybridized carbons (Fsp3) is 0.444. The van der Waals surface area contributed by atoms with Gasteiger partial charge in [0.05, 0.1) is 0 Å². The molecule has 128 valence electrons. The number of rotatable bonds is 5. The second kappa shape index (κ2) is 7.55. The van der Waals surface area contributed by atoms with Crippen molar-refractivity contribution in [2.24, 2.45) is 5.92 Å². The molecule has 6 heteroatoms. The van der Waals surface area contributed by atoms with Crippen molar-refractivity contribution >= 4 is 5.95 Å². The molecule has 1 saturated carbocycles. The van der Waals surface area contributed by atoms with Gasteiger partial charge in [-0.1, -0.05) is 19.1 Å². The van der Waals surface area contributed by atoms with E-state index in [1.165, 1.54) is 18.9 Å². The molecule has 0 bridgehead atoms. The molecule has 24 heavy (non-hydrogen) atoms. The zero-order valence-electron chi connectivity index (χ0n) is 13.6. The zero-order valence-corrected chi connectivity index (χ0v) is 13.6. The second-order valence-corrected chi connectivity index (χ2v) is 6.30. The normalized spacial score (nSPS) is 20.8. The van der Waals surface area contributed by atoms with Gasteiger partial charge in [-0.25, -0.2) is 9.97 Å². The van der Waals surface area contributed by atoms with E-state index in [0.29, 0.717) is 12.0 Å². The van der Waals surface area contributed by atoms with Crippen LogP contribution in [0.1, 0.15) is 32.6 Å². The monoisotopic (exact) mass is 333 g/mol. The molecule has 1 heterocycles. The molecule has 1 aromatic carbocycles. The number of hydrogen-bond acceptors (Lipinski definition) is 4. The minimum absolute atomic E-state index is 0.126. The Morgan fingerprint density at radius 2 is 1.79 bits per heavy atom. The van der Waals surface area contributed by atoms with Crippen molar-refractivity contribution in [1.82, 2.24) is 9.97 Å². The molecule has 0 saturated heterocycles. The maximum atomic E-state index is 12.3. The largest absolute Gasteiger partial charge is 0.435 e. The summed E-state index contributed by atoms with van der Waals surface area (Å²) in [7, 11) is 0. The van der Waals surface area contributed by atoms with Gasteiger partial charge < -0.3 is 10.1 Å². The highest BCUT2D eigenvalue weighted by Gasteiger charge is 2.18. The van der Waals surface area contributed by atoms with E-state index in [9.17, 15) is 8.78 Å². The molecular weight excluding hydrogens is 312 g/mol. The number of nitrogens with one attached hydrogen (secondary N) is 1. The lowest BCUT2D eigenvalue weighted by Gasteiger charge is -2.26. The van der Waals surface area contributed by atoms with Crippen LogP contribution < -0.4 is 10.1 Å². The summed E-state index contributed by atoms with van der Waals surface area (Å²) in [4.78, 5) is 8.70. The molecule has 0 amide bonds. The van der Waals surface area contributed by atoms with Crippen molar-refractivity contribution in [2.75, 3.05) is 5.32 Å². The van der Waals surface area contributed by atoms with Crippen molar-refractivity contribution < 1.29 is 13.5 Å². The van der Waals surface area contributed by atoms with Crippen LogP contribution in [0.5, 0.6) is 5.75 Å². The van der Waals surface area contributed by atoms with E-state index < -0.39 is 6.61 Å². The molecule has 0 atom stereocenters. The summed E-state index contributed by atoms with van der Waals surface area (Å²) < 4.78 is 29.0. The Morgan fingerprint density at radius 3 is 2.46 bits per heavy atom. The van der Waals surface area contributed by atoms with Crippen molar-refractivity contribution in [3.63, 3.8) is 0 Å². The molecule has 0 unspecified atom stereocenters. The van der Waals surface area contributed by atoms with Crippen LogP contribution in [0.25, 0.3) is 11.1 Å². The Morgan fingerprint density at radius 1 is 1.08 bits per heavy atom. The molecule has 4 nitrogen and oxygen atoms in total. The van der Waals surface area contributed by atoms with E-state index in [0.717, 1.165) is 29.9 Å². The first-order valence-electron chi connectivity index (χ1n) is 8.24. The minimum Gasteiger partial charge on any atom is -0.435 e. The molecule has 1 aliphatic carbocycles. The molecule has 0 aliphatic heterocycles. The predicted molar refractivity (Wildman–Crippen MR) is 89.1 cm³/mol. The Bertz CT molecular complexity index is 656. The molecule has 1 N–H and O–H groups in total. The van der Waals surface area contributed by atoms with Crippen LogP contribution in [0.4, 0.5) is 14.7 Å². The topological polar surface area (TPSA) is 47.0 Å². The van der Waals surface area contributed by atoms with E-state index in [1.54, 1.807) is 24.5 Å². The molecule has 1 aromatic heterocycles. The number of nitrogens with zero attached hydrogens (tertiary/aromatic N) is 2. The third-order valence-electron chi connectivity index (χ3n) is 4.39. The Labute approximate surface area is 140 Å². The summed E-state index contributed by atoms with van der Waals surface area (Å²) in [6, 6.07) is 6.96. The lowest BCUT2D eigenvalue weighted by atomic mass is 9.87. The van der Waals surface area contributed by atoms with Crippen LogP contribution in [0.2, 0.25) is 0 Å². The Kier molecular flexibility index (Phi) is 5.23. The number of alkyl halides is 2. The highest BCUT2D eigenvalue weighted by molar-refractivity contribution is 5.63. The number of anilines is 1. The van der Waals surface area contributed by atoms with Gasteiger partial charge in [0, 0.05) is 24.0 Å². The van der Waals surface area contributed by atoms with Gasteiger partial charge in [0.15, 0.2) is 0 Å². The molecular formula is C18H21F2N3O. The van der Waals surface area contributed by atoms with Gasteiger partial charge >= 0.3 is 6.61 Å². The lowest BCUT2D eigenvalue weighted by Crippen LogP contribution is -2.26. The van der Waals surface area contributed by atoms with Crippen LogP contribution >= 0.6 is 0 Å². The fourth-order valence-electron chi connectivity index (χ4n) is 2.99. The molecule has 3 rings (SSSR count). The first kappa shape index (κ1) is 16.6. The van der Waals surface area contributed by atoms with E-state index in [1.807, 2.05) is 6.07 Å². The third kappa shape index (κ3) is 4.40. The molecule has 1 fully saturated rings. The Hall–Kier alpha value is -2.24. The summed E-state index contributed by atoms with van der Waals surface area (Å²) in [5.41, 5.74) is 1.50. The van der Waals surface area contributed by atoms with Crippen molar-refractivity contribution in [2.45, 2.75) is 45.3 Å². The number of hydrogen-bond donors (Lipinski definition) is 1. The quantitative estimate of drug-likeness (QED) is 0.859. The molecule has 0 radical (unpaired) electrons. The standard InChI is InChI=1S/C18H21F2N3O/c1-12-5-7-15(8-6-12)23-18-21-10-14(11-22-18)13-3-2-4-16(9-13)24-17(19)20/h2-4,9-12,15,17H,5-8H2,1H3,(H,21,22,23). The molecule has 1 aliphatic rings. The Balaban J connectivity index is 1.66. The van der Waals surface area contributed by atoms with Crippen molar-refractivity contribution in [1.29, 1.82) is 0 Å². The minimum atomic E-state index is -2.83. The molecule has 2 aromatic rings. The average molecular weight is 333 g/mol. The predicted octanol–water partition coefficient (Wildman–Crippen LogP) is 4.74. The van der Waals surface area contributed by atoms with Gasteiger partial charge in [-0.3, -0.25) is 0 Å². The number of ether oxygens (including phenoxy) is 1. The van der Waals surface area contributed by atoms with Gasteiger partial charge in [-0.15, -0.1) is 0 Å². The van der Waals surface area contributed by atoms with E-state index in [-0.39, 0.29) is 5.75 Å². The van der Waals surface area contributed by atoms with E-state index in [2.05, 4.69) is 26.9 Å². The lowest BCUT2D eigenvalue weighted by molar-refractivity contribution is -0.0498. The van der Waals surface area contributed by atoms with Gasteiger partial charge in [-0.2, -0.15) is 8.78 Å². The average Bonchev–Trinajstić information content (AvgIpc) is 2.57. The number of aromatic nitrogens is 2. The van der Waals surface area contributed by atoms with Crippen LogP contribution in [-0.2, 0) is 0 Å². The highest BCUT2D eigenvalue weighted by Crippen LogP contribution is 2.26. The third-order valence-corrected chi connectivity index (χ3v) is 4.39. The second-order valence-electron chi connectivity index (χ2n) is 6.30. The summed E-state index contributed by atoms with van der Waals surface area (Å²) in [5.74, 6) is 1.54. The first-order chi connectivity index (χ1) is 11.6. The van der Waals surface area contributed by atoms with Crippen molar-refractivity contribution in [3.8, 4) is 16.9 Å². The van der Waals surface area contributed by atoms with Gasteiger partial charge in [0.2, 0.25) is 5.95 Å². The van der Waals surface area contributed by atoms with Gasteiger partial charge in [-0.05, 0) is 49.3 Å². The van der Waals surface area contributed by atoms with Gasteiger partial charge in [0.1, 0.15) is 5.75 Å². The maximum Gasteiger partial charge on any atom is 0.387 e. The summed E-state index contributed by atoms with van der Waals surface area (Å²) in [5, 5.41) is 3.37. The number of halogens is 2.